The summed E-state index contributed by atoms with van der Waals surface area (Å²) < 4.78 is 17.2. The summed E-state index contributed by atoms with van der Waals surface area (Å²) in [5.41, 5.74) is 4.51. The fraction of sp³-hybridized carbons (Fsp3) is 0.259. The second-order valence-electron chi connectivity index (χ2n) is 7.59. The second-order valence-corrected chi connectivity index (χ2v) is 7.59. The highest BCUT2D eigenvalue weighted by Crippen LogP contribution is 2.36. The zero-order valence-electron chi connectivity index (χ0n) is 17.6. The number of benzene rings is 3. The van der Waals surface area contributed by atoms with E-state index in [1.165, 1.54) is 12.8 Å². The minimum Gasteiger partial charge on any atom is -0.497 e. The van der Waals surface area contributed by atoms with Crippen LogP contribution < -0.4 is 14.2 Å². The van der Waals surface area contributed by atoms with Crippen LogP contribution in [0.1, 0.15) is 42.4 Å². The third kappa shape index (κ3) is 4.68. The summed E-state index contributed by atoms with van der Waals surface area (Å²) in [6.07, 6.45) is 7.18. The van der Waals surface area contributed by atoms with Crippen LogP contribution in [0.5, 0.6) is 17.2 Å². The van der Waals surface area contributed by atoms with Gasteiger partial charge >= 0.3 is 0 Å². The highest BCUT2D eigenvalue weighted by Gasteiger charge is 2.19. The summed E-state index contributed by atoms with van der Waals surface area (Å²) >= 11 is 0. The van der Waals surface area contributed by atoms with Gasteiger partial charge in [-0.3, -0.25) is 0 Å². The maximum Gasteiger partial charge on any atom is 0.162 e. The zero-order valence-corrected chi connectivity index (χ0v) is 17.6. The molecule has 0 aromatic heterocycles. The van der Waals surface area contributed by atoms with E-state index >= 15 is 0 Å². The SMILES string of the molecule is COc1ccc(/C=C(/c2ccccc2)c2ccc(OC)c(OC3CCCC3)c2)cc1. The number of methoxy groups -OCH3 is 2. The predicted octanol–water partition coefficient (Wildman–Crippen LogP) is 6.61. The molecule has 4 rings (SSSR count). The molecule has 1 aliphatic carbocycles. The molecule has 0 unspecified atom stereocenters. The van der Waals surface area contributed by atoms with Crippen molar-refractivity contribution in [2.45, 2.75) is 31.8 Å². The van der Waals surface area contributed by atoms with E-state index in [1.54, 1.807) is 14.2 Å². The van der Waals surface area contributed by atoms with Crippen LogP contribution >= 0.6 is 0 Å². The molecule has 30 heavy (non-hydrogen) atoms. The van der Waals surface area contributed by atoms with Crippen molar-refractivity contribution in [1.29, 1.82) is 0 Å². The average molecular weight is 401 g/mol. The standard InChI is InChI=1S/C27H28O3/c1-28-23-15-12-20(13-16-23)18-25(21-8-4-3-5-9-21)22-14-17-26(29-2)27(19-22)30-24-10-6-7-11-24/h3-5,8-9,12-19,24H,6-7,10-11H2,1-2H3/b25-18-. The van der Waals surface area contributed by atoms with Gasteiger partial charge in [-0.1, -0.05) is 48.5 Å². The summed E-state index contributed by atoms with van der Waals surface area (Å²) in [7, 11) is 3.38. The molecule has 0 amide bonds. The molecular formula is C27H28O3. The molecule has 0 bridgehead atoms. The van der Waals surface area contributed by atoms with Gasteiger partial charge in [-0.2, -0.15) is 0 Å². The second kappa shape index (κ2) is 9.53. The smallest absolute Gasteiger partial charge is 0.162 e. The zero-order chi connectivity index (χ0) is 20.8. The molecule has 0 radical (unpaired) electrons. The molecule has 0 N–H and O–H groups in total. The first-order chi connectivity index (χ1) is 14.8. The van der Waals surface area contributed by atoms with Gasteiger partial charge in [0, 0.05) is 0 Å². The molecule has 3 aromatic rings. The van der Waals surface area contributed by atoms with Gasteiger partial charge in [-0.05, 0) is 78.3 Å². The van der Waals surface area contributed by atoms with Gasteiger partial charge in [0.2, 0.25) is 0 Å². The van der Waals surface area contributed by atoms with Crippen molar-refractivity contribution in [2.24, 2.45) is 0 Å². The van der Waals surface area contributed by atoms with E-state index < -0.39 is 0 Å². The normalized spacial score (nSPS) is 14.5. The van der Waals surface area contributed by atoms with E-state index in [0.717, 1.165) is 52.4 Å². The molecule has 154 valence electrons. The Bertz CT molecular complexity index is 984. The fourth-order valence-electron chi connectivity index (χ4n) is 3.94. The van der Waals surface area contributed by atoms with Gasteiger partial charge in [0.25, 0.3) is 0 Å². The van der Waals surface area contributed by atoms with Gasteiger partial charge < -0.3 is 14.2 Å². The third-order valence-corrected chi connectivity index (χ3v) is 5.58. The monoisotopic (exact) mass is 400 g/mol. The molecule has 0 aliphatic heterocycles. The van der Waals surface area contributed by atoms with E-state index in [1.807, 2.05) is 24.3 Å². The topological polar surface area (TPSA) is 27.7 Å². The summed E-state index contributed by atoms with van der Waals surface area (Å²) in [5, 5.41) is 0. The van der Waals surface area contributed by atoms with Gasteiger partial charge in [0.05, 0.1) is 20.3 Å². The summed E-state index contributed by atoms with van der Waals surface area (Å²) in [5.74, 6) is 2.45. The van der Waals surface area contributed by atoms with Gasteiger partial charge in [0.15, 0.2) is 11.5 Å². The Kier molecular flexibility index (Phi) is 6.38. The van der Waals surface area contributed by atoms with E-state index in [-0.39, 0.29) is 6.10 Å². The lowest BCUT2D eigenvalue weighted by Gasteiger charge is -2.18. The van der Waals surface area contributed by atoms with Gasteiger partial charge in [-0.15, -0.1) is 0 Å². The maximum atomic E-state index is 6.34. The molecule has 1 fully saturated rings. The van der Waals surface area contributed by atoms with E-state index in [2.05, 4.69) is 54.6 Å². The predicted molar refractivity (Wildman–Crippen MR) is 122 cm³/mol. The van der Waals surface area contributed by atoms with Crippen LogP contribution in [0.25, 0.3) is 11.6 Å². The lowest BCUT2D eigenvalue weighted by molar-refractivity contribution is 0.201. The van der Waals surface area contributed by atoms with E-state index in [9.17, 15) is 0 Å². The highest BCUT2D eigenvalue weighted by atomic mass is 16.5. The Hall–Kier alpha value is -3.20. The molecule has 3 heteroatoms. The van der Waals surface area contributed by atoms with Crippen molar-refractivity contribution in [3.8, 4) is 17.2 Å². The Morgan fingerprint density at radius 1 is 0.767 bits per heavy atom. The van der Waals surface area contributed by atoms with E-state index in [0.29, 0.717) is 0 Å². The Morgan fingerprint density at radius 3 is 2.17 bits per heavy atom. The number of rotatable bonds is 7. The van der Waals surface area contributed by atoms with Crippen molar-refractivity contribution >= 4 is 11.6 Å². The van der Waals surface area contributed by atoms with Crippen LogP contribution in [0.15, 0.2) is 72.8 Å². The summed E-state index contributed by atoms with van der Waals surface area (Å²) in [6, 6.07) is 24.8. The van der Waals surface area contributed by atoms with Crippen molar-refractivity contribution < 1.29 is 14.2 Å². The van der Waals surface area contributed by atoms with Crippen LogP contribution in [0.4, 0.5) is 0 Å². The lowest BCUT2D eigenvalue weighted by Crippen LogP contribution is -2.11. The van der Waals surface area contributed by atoms with Gasteiger partial charge in [-0.25, -0.2) is 0 Å². The van der Waals surface area contributed by atoms with Gasteiger partial charge in [0.1, 0.15) is 5.75 Å². The Balaban J connectivity index is 1.75. The van der Waals surface area contributed by atoms with Crippen molar-refractivity contribution in [3.63, 3.8) is 0 Å². The number of ether oxygens (including phenoxy) is 3. The molecule has 1 saturated carbocycles. The largest absolute Gasteiger partial charge is 0.497 e. The number of hydrogen-bond acceptors (Lipinski definition) is 3. The summed E-state index contributed by atoms with van der Waals surface area (Å²) in [6.45, 7) is 0. The number of hydrogen-bond donors (Lipinski definition) is 0. The quantitative estimate of drug-likeness (QED) is 0.417. The fourth-order valence-corrected chi connectivity index (χ4v) is 3.94. The van der Waals surface area contributed by atoms with Crippen LogP contribution in [0.3, 0.4) is 0 Å². The van der Waals surface area contributed by atoms with Crippen molar-refractivity contribution in [1.82, 2.24) is 0 Å². The third-order valence-electron chi connectivity index (χ3n) is 5.58. The molecule has 3 nitrogen and oxygen atoms in total. The first-order valence-electron chi connectivity index (χ1n) is 10.5. The van der Waals surface area contributed by atoms with E-state index in [4.69, 9.17) is 14.2 Å². The first kappa shape index (κ1) is 20.1. The van der Waals surface area contributed by atoms with Crippen LogP contribution in [0, 0.1) is 0 Å². The molecule has 0 heterocycles. The average Bonchev–Trinajstić information content (AvgIpc) is 3.31. The molecule has 0 atom stereocenters. The molecule has 3 aromatic carbocycles. The Labute approximate surface area is 178 Å². The molecule has 0 spiro atoms. The Morgan fingerprint density at radius 2 is 1.50 bits per heavy atom. The van der Waals surface area contributed by atoms with Crippen LogP contribution in [-0.4, -0.2) is 20.3 Å². The molecule has 0 saturated heterocycles. The molecular weight excluding hydrogens is 372 g/mol. The minimum atomic E-state index is 0.278. The van der Waals surface area contributed by atoms with Crippen LogP contribution in [-0.2, 0) is 0 Å². The van der Waals surface area contributed by atoms with Crippen LogP contribution in [0.2, 0.25) is 0 Å². The minimum absolute atomic E-state index is 0.278. The van der Waals surface area contributed by atoms with Crippen molar-refractivity contribution in [3.05, 3.63) is 89.5 Å². The maximum absolute atomic E-state index is 6.34. The summed E-state index contributed by atoms with van der Waals surface area (Å²) in [4.78, 5) is 0. The van der Waals surface area contributed by atoms with Crippen molar-refractivity contribution in [2.75, 3.05) is 14.2 Å². The lowest BCUT2D eigenvalue weighted by atomic mass is 9.95. The highest BCUT2D eigenvalue weighted by molar-refractivity contribution is 5.92. The first-order valence-corrected chi connectivity index (χ1v) is 10.5. The molecule has 1 aliphatic rings.